The Hall–Kier alpha value is -1.96. The number of hydrogen-bond donors (Lipinski definition) is 0. The maximum atomic E-state index is 12.4. The molecule has 0 radical (unpaired) electrons. The van der Waals surface area contributed by atoms with Gasteiger partial charge in [0.25, 0.3) is 0 Å². The van der Waals surface area contributed by atoms with E-state index in [4.69, 9.17) is 9.26 Å². The molecule has 0 spiro atoms. The summed E-state index contributed by atoms with van der Waals surface area (Å²) in [5, 5.41) is 3.58. The van der Waals surface area contributed by atoms with Crippen LogP contribution in [0.15, 0.2) is 39.8 Å². The van der Waals surface area contributed by atoms with E-state index in [1.807, 2.05) is 0 Å². The van der Waals surface area contributed by atoms with Crippen molar-refractivity contribution < 1.29 is 27.2 Å². The lowest BCUT2D eigenvalue weighted by molar-refractivity contribution is -0.137. The fraction of sp³-hybridized carbons (Fsp3) is 0.286. The third kappa shape index (κ3) is 4.27. The number of esters is 1. The zero-order valence-corrected chi connectivity index (χ0v) is 12.3. The van der Waals surface area contributed by atoms with E-state index in [2.05, 4.69) is 5.16 Å². The zero-order chi connectivity index (χ0) is 16.2. The number of nitrogens with zero attached hydrogens (tertiary/aromatic N) is 1. The van der Waals surface area contributed by atoms with Crippen molar-refractivity contribution in [1.82, 2.24) is 5.16 Å². The van der Waals surface area contributed by atoms with Crippen LogP contribution in [0.2, 0.25) is 0 Å². The summed E-state index contributed by atoms with van der Waals surface area (Å²) < 4.78 is 47.1. The molecule has 0 atom stereocenters. The van der Waals surface area contributed by atoms with Crippen molar-refractivity contribution in [2.24, 2.45) is 0 Å². The van der Waals surface area contributed by atoms with Gasteiger partial charge in [-0.3, -0.25) is 0 Å². The van der Waals surface area contributed by atoms with Crippen LogP contribution in [0.3, 0.4) is 0 Å². The monoisotopic (exact) mass is 331 g/mol. The average Bonchev–Trinajstić information content (AvgIpc) is 2.94. The fourth-order valence-electron chi connectivity index (χ4n) is 1.58. The highest BCUT2D eigenvalue weighted by Gasteiger charge is 2.29. The SMILES string of the molecule is CCOC(=O)c1cc(CSc2ccc(C(F)(F)F)cc2)on1. The molecule has 1 aromatic heterocycles. The van der Waals surface area contributed by atoms with Crippen molar-refractivity contribution in [2.75, 3.05) is 6.61 Å². The lowest BCUT2D eigenvalue weighted by atomic mass is 10.2. The normalized spacial score (nSPS) is 11.5. The summed E-state index contributed by atoms with van der Waals surface area (Å²) in [5.74, 6) is 0.211. The summed E-state index contributed by atoms with van der Waals surface area (Å²) in [7, 11) is 0. The molecule has 0 saturated carbocycles. The largest absolute Gasteiger partial charge is 0.461 e. The minimum atomic E-state index is -4.34. The number of ether oxygens (including phenoxy) is 1. The predicted molar refractivity (Wildman–Crippen MR) is 73.5 cm³/mol. The van der Waals surface area contributed by atoms with Crippen molar-refractivity contribution in [1.29, 1.82) is 0 Å². The summed E-state index contributed by atoms with van der Waals surface area (Å²) in [6.45, 7) is 1.92. The molecule has 118 valence electrons. The fourth-order valence-corrected chi connectivity index (χ4v) is 2.35. The van der Waals surface area contributed by atoms with Crippen molar-refractivity contribution in [3.8, 4) is 0 Å². The molecule has 0 unspecified atom stereocenters. The molecule has 2 rings (SSSR count). The maximum absolute atomic E-state index is 12.4. The minimum absolute atomic E-state index is 0.0740. The summed E-state index contributed by atoms with van der Waals surface area (Å²) in [5.41, 5.74) is -0.619. The molecule has 4 nitrogen and oxygen atoms in total. The summed E-state index contributed by atoms with van der Waals surface area (Å²) in [6, 6.07) is 6.26. The number of halogens is 3. The Bertz CT molecular complexity index is 638. The molecule has 2 aromatic rings. The first-order valence-corrected chi connectivity index (χ1v) is 7.31. The predicted octanol–water partition coefficient (Wildman–Crippen LogP) is 4.16. The summed E-state index contributed by atoms with van der Waals surface area (Å²) >= 11 is 1.28. The molecule has 0 amide bonds. The van der Waals surface area contributed by atoms with Crippen molar-refractivity contribution in [3.05, 3.63) is 47.3 Å². The van der Waals surface area contributed by atoms with Crippen molar-refractivity contribution in [2.45, 2.75) is 23.7 Å². The quantitative estimate of drug-likeness (QED) is 0.608. The first-order chi connectivity index (χ1) is 10.4. The van der Waals surface area contributed by atoms with Crippen LogP contribution in [-0.4, -0.2) is 17.7 Å². The number of benzene rings is 1. The smallest absolute Gasteiger partial charge is 0.416 e. The van der Waals surface area contributed by atoms with E-state index < -0.39 is 17.7 Å². The lowest BCUT2D eigenvalue weighted by Crippen LogP contribution is -2.04. The average molecular weight is 331 g/mol. The van der Waals surface area contributed by atoms with Crippen LogP contribution in [0.5, 0.6) is 0 Å². The van der Waals surface area contributed by atoms with Crippen LogP contribution in [0.4, 0.5) is 13.2 Å². The Morgan fingerprint density at radius 2 is 2.00 bits per heavy atom. The molecule has 0 saturated heterocycles. The Balaban J connectivity index is 1.94. The number of aromatic nitrogens is 1. The molecule has 0 aliphatic rings. The van der Waals surface area contributed by atoms with E-state index in [9.17, 15) is 18.0 Å². The highest BCUT2D eigenvalue weighted by Crippen LogP contribution is 2.31. The Kier molecular flexibility index (Phi) is 5.12. The molecule has 1 aromatic carbocycles. The molecule has 0 bridgehead atoms. The molecule has 0 fully saturated rings. The van der Waals surface area contributed by atoms with Crippen LogP contribution in [0.1, 0.15) is 28.7 Å². The molecular weight excluding hydrogens is 319 g/mol. The van der Waals surface area contributed by atoms with Gasteiger partial charge in [0, 0.05) is 11.0 Å². The first-order valence-electron chi connectivity index (χ1n) is 6.33. The first kappa shape index (κ1) is 16.4. The minimum Gasteiger partial charge on any atom is -0.461 e. The molecule has 0 aliphatic carbocycles. The number of carbonyl (C=O) groups excluding carboxylic acids is 1. The Morgan fingerprint density at radius 1 is 1.32 bits per heavy atom. The standard InChI is InChI=1S/C14H12F3NO3S/c1-2-20-13(19)12-7-10(21-18-12)8-22-11-5-3-9(4-6-11)14(15,16)17/h3-7H,2,8H2,1H3. The number of thioether (sulfide) groups is 1. The molecule has 8 heteroatoms. The Labute approximate surface area is 128 Å². The second-order valence-corrected chi connectivity index (χ2v) is 5.26. The molecule has 22 heavy (non-hydrogen) atoms. The van der Waals surface area contributed by atoms with Crippen LogP contribution >= 0.6 is 11.8 Å². The van der Waals surface area contributed by atoms with Gasteiger partial charge in [0.2, 0.25) is 0 Å². The van der Waals surface area contributed by atoms with E-state index in [0.717, 1.165) is 12.1 Å². The van der Waals surface area contributed by atoms with E-state index >= 15 is 0 Å². The van der Waals surface area contributed by atoms with Gasteiger partial charge < -0.3 is 9.26 Å². The molecular formula is C14H12F3NO3S. The topological polar surface area (TPSA) is 52.3 Å². The van der Waals surface area contributed by atoms with Gasteiger partial charge in [-0.15, -0.1) is 11.8 Å². The third-order valence-electron chi connectivity index (χ3n) is 2.61. The zero-order valence-electron chi connectivity index (χ0n) is 11.5. The molecule has 0 N–H and O–H groups in total. The van der Waals surface area contributed by atoms with Gasteiger partial charge in [-0.2, -0.15) is 13.2 Å². The third-order valence-corrected chi connectivity index (χ3v) is 3.64. The second kappa shape index (κ2) is 6.87. The van der Waals surface area contributed by atoms with E-state index in [-0.39, 0.29) is 12.3 Å². The summed E-state index contributed by atoms with van der Waals surface area (Å²) in [6.07, 6.45) is -4.34. The van der Waals surface area contributed by atoms with Gasteiger partial charge in [0.05, 0.1) is 17.9 Å². The number of rotatable bonds is 5. The van der Waals surface area contributed by atoms with E-state index in [1.54, 1.807) is 6.92 Å². The van der Waals surface area contributed by atoms with Gasteiger partial charge in [0.15, 0.2) is 5.69 Å². The second-order valence-electron chi connectivity index (χ2n) is 4.21. The van der Waals surface area contributed by atoms with Crippen LogP contribution < -0.4 is 0 Å². The highest BCUT2D eigenvalue weighted by atomic mass is 32.2. The molecule has 0 aliphatic heterocycles. The van der Waals surface area contributed by atoms with E-state index in [1.165, 1.54) is 30.0 Å². The number of hydrogen-bond acceptors (Lipinski definition) is 5. The van der Waals surface area contributed by atoms with Gasteiger partial charge >= 0.3 is 12.1 Å². The van der Waals surface area contributed by atoms with Gasteiger partial charge in [0.1, 0.15) is 5.76 Å². The molecule has 1 heterocycles. The van der Waals surface area contributed by atoms with Crippen LogP contribution in [0.25, 0.3) is 0 Å². The maximum Gasteiger partial charge on any atom is 0.416 e. The van der Waals surface area contributed by atoms with Crippen LogP contribution in [0, 0.1) is 0 Å². The lowest BCUT2D eigenvalue weighted by Gasteiger charge is -2.06. The Morgan fingerprint density at radius 3 is 2.59 bits per heavy atom. The van der Waals surface area contributed by atoms with Crippen LogP contribution in [-0.2, 0) is 16.7 Å². The summed E-state index contributed by atoms with van der Waals surface area (Å²) in [4.78, 5) is 12.1. The number of alkyl halides is 3. The van der Waals surface area contributed by atoms with Gasteiger partial charge in [-0.05, 0) is 31.2 Å². The van der Waals surface area contributed by atoms with E-state index in [0.29, 0.717) is 16.4 Å². The highest BCUT2D eigenvalue weighted by molar-refractivity contribution is 7.98. The number of carbonyl (C=O) groups is 1. The van der Waals surface area contributed by atoms with Gasteiger partial charge in [-0.25, -0.2) is 4.79 Å². The van der Waals surface area contributed by atoms with Gasteiger partial charge in [-0.1, -0.05) is 5.16 Å². The van der Waals surface area contributed by atoms with Crippen molar-refractivity contribution >= 4 is 17.7 Å². The van der Waals surface area contributed by atoms with Crippen molar-refractivity contribution in [3.63, 3.8) is 0 Å².